The summed E-state index contributed by atoms with van der Waals surface area (Å²) in [5.41, 5.74) is 0.921. The second kappa shape index (κ2) is 6.70. The molecule has 0 saturated heterocycles. The molecule has 2 aromatic rings. The summed E-state index contributed by atoms with van der Waals surface area (Å²) in [6, 6.07) is 4.98. The third-order valence-electron chi connectivity index (χ3n) is 3.41. The van der Waals surface area contributed by atoms with Crippen molar-refractivity contribution in [2.75, 3.05) is 7.11 Å². The number of carbonyl (C=O) groups is 3. The van der Waals surface area contributed by atoms with Gasteiger partial charge in [-0.3, -0.25) is 14.4 Å². The number of esters is 2. The fourth-order valence-electron chi connectivity index (χ4n) is 2.61. The molecule has 0 saturated carbocycles. The summed E-state index contributed by atoms with van der Waals surface area (Å²) in [5.74, 6) is -0.644. The number of aryl methyl sites for hydroxylation is 1. The molecule has 0 amide bonds. The minimum atomic E-state index is -0.575. The quantitative estimate of drug-likeness (QED) is 0.486. The topological polar surface area (TPSA) is 78.9 Å². The van der Waals surface area contributed by atoms with E-state index in [1.54, 1.807) is 19.1 Å². The van der Waals surface area contributed by atoms with Crippen molar-refractivity contribution in [2.45, 2.75) is 27.7 Å². The summed E-state index contributed by atoms with van der Waals surface area (Å²) in [4.78, 5) is 35.0. The van der Waals surface area contributed by atoms with Gasteiger partial charge in [0, 0.05) is 19.9 Å². The van der Waals surface area contributed by atoms with Crippen molar-refractivity contribution >= 4 is 28.5 Å². The maximum absolute atomic E-state index is 12.0. The fraction of sp³-hybridized carbons (Fsp3) is 0.278. The van der Waals surface area contributed by atoms with Gasteiger partial charge >= 0.3 is 11.9 Å². The molecule has 24 heavy (non-hydrogen) atoms. The number of rotatable bonds is 4. The molecule has 0 N–H and O–H groups in total. The lowest BCUT2D eigenvalue weighted by molar-refractivity contribution is -0.132. The van der Waals surface area contributed by atoms with E-state index >= 15 is 0 Å². The van der Waals surface area contributed by atoms with Crippen molar-refractivity contribution in [1.82, 2.24) is 0 Å². The number of methoxy groups -OCH3 is 1. The van der Waals surface area contributed by atoms with Crippen molar-refractivity contribution < 1.29 is 28.6 Å². The molecule has 0 heterocycles. The van der Waals surface area contributed by atoms with Gasteiger partial charge in [0.2, 0.25) is 0 Å². The molecule has 6 heteroatoms. The predicted octanol–water partition coefficient (Wildman–Crippen LogP) is 3.21. The van der Waals surface area contributed by atoms with Gasteiger partial charge in [0.25, 0.3) is 0 Å². The number of Topliss-reactive ketones (excluding diaryl/α,β-unsaturated/α-hetero) is 1. The number of ketones is 1. The molecule has 0 aliphatic rings. The molecule has 2 aromatic carbocycles. The van der Waals surface area contributed by atoms with Gasteiger partial charge in [-0.25, -0.2) is 0 Å². The Hall–Kier alpha value is -2.89. The molecule has 6 nitrogen and oxygen atoms in total. The largest absolute Gasteiger partial charge is 0.497 e. The summed E-state index contributed by atoms with van der Waals surface area (Å²) in [6.45, 7) is 5.63. The van der Waals surface area contributed by atoms with Crippen LogP contribution < -0.4 is 14.2 Å². The van der Waals surface area contributed by atoms with Gasteiger partial charge in [0.15, 0.2) is 11.5 Å². The monoisotopic (exact) mass is 330 g/mol. The highest BCUT2D eigenvalue weighted by Crippen LogP contribution is 2.41. The molecule has 0 spiro atoms. The summed E-state index contributed by atoms with van der Waals surface area (Å²) in [7, 11) is 1.49. The Labute approximate surface area is 139 Å². The van der Waals surface area contributed by atoms with Gasteiger partial charge < -0.3 is 14.2 Å². The van der Waals surface area contributed by atoms with E-state index in [2.05, 4.69) is 0 Å². The maximum Gasteiger partial charge on any atom is 0.308 e. The normalized spacial score (nSPS) is 10.4. The minimum absolute atomic E-state index is 0.0869. The number of carbonyl (C=O) groups excluding carboxylic acids is 3. The second-order valence-corrected chi connectivity index (χ2v) is 5.36. The molecular formula is C18H18O6. The molecule has 0 unspecified atom stereocenters. The van der Waals surface area contributed by atoms with Crippen LogP contribution in [0.5, 0.6) is 17.2 Å². The standard InChI is InChI=1S/C18H18O6/c1-9-6-13-7-14(22-5)8-15(23-11(3)20)17(13)18(24-12(4)21)16(9)10(2)19/h6-8H,1-5H3. The summed E-state index contributed by atoms with van der Waals surface area (Å²) in [6.07, 6.45) is 0. The van der Waals surface area contributed by atoms with E-state index < -0.39 is 11.9 Å². The Morgan fingerprint density at radius 3 is 2.04 bits per heavy atom. The van der Waals surface area contributed by atoms with Crippen LogP contribution >= 0.6 is 0 Å². The smallest absolute Gasteiger partial charge is 0.308 e. The molecule has 0 aromatic heterocycles. The SMILES string of the molecule is COc1cc(OC(C)=O)c2c(OC(C)=O)c(C(C)=O)c(C)cc2c1. The third-order valence-corrected chi connectivity index (χ3v) is 3.41. The lowest BCUT2D eigenvalue weighted by Crippen LogP contribution is -2.10. The van der Waals surface area contributed by atoms with Gasteiger partial charge in [-0.15, -0.1) is 0 Å². The average molecular weight is 330 g/mol. The maximum atomic E-state index is 12.0. The first-order chi connectivity index (χ1) is 11.2. The van der Waals surface area contributed by atoms with Crippen molar-refractivity contribution in [3.05, 3.63) is 29.3 Å². The Balaban J connectivity index is 2.96. The zero-order valence-electron chi connectivity index (χ0n) is 14.2. The molecule has 0 fully saturated rings. The Bertz CT molecular complexity index is 850. The first kappa shape index (κ1) is 17.5. The molecule has 0 bridgehead atoms. The number of hydrogen-bond acceptors (Lipinski definition) is 6. The van der Waals surface area contributed by atoms with E-state index in [9.17, 15) is 14.4 Å². The molecule has 0 aliphatic heterocycles. The van der Waals surface area contributed by atoms with Crippen LogP contribution in [0.1, 0.15) is 36.7 Å². The van der Waals surface area contributed by atoms with Gasteiger partial charge in [-0.05, 0) is 30.9 Å². The zero-order valence-corrected chi connectivity index (χ0v) is 14.2. The highest BCUT2D eigenvalue weighted by Gasteiger charge is 2.22. The van der Waals surface area contributed by atoms with Gasteiger partial charge in [0.05, 0.1) is 18.1 Å². The van der Waals surface area contributed by atoms with Gasteiger partial charge in [-0.1, -0.05) is 6.07 Å². The Morgan fingerprint density at radius 1 is 0.917 bits per heavy atom. The van der Waals surface area contributed by atoms with E-state index in [4.69, 9.17) is 14.2 Å². The van der Waals surface area contributed by atoms with Crippen molar-refractivity contribution in [1.29, 1.82) is 0 Å². The van der Waals surface area contributed by atoms with Crippen LogP contribution in [0.2, 0.25) is 0 Å². The number of benzene rings is 2. The lowest BCUT2D eigenvalue weighted by Gasteiger charge is -2.17. The van der Waals surface area contributed by atoms with Crippen molar-refractivity contribution in [2.24, 2.45) is 0 Å². The van der Waals surface area contributed by atoms with Gasteiger partial charge in [0.1, 0.15) is 11.5 Å². The third kappa shape index (κ3) is 3.37. The molecule has 126 valence electrons. The highest BCUT2D eigenvalue weighted by atomic mass is 16.5. The molecule has 2 rings (SSSR count). The number of ether oxygens (including phenoxy) is 3. The van der Waals surface area contributed by atoms with E-state index in [0.717, 1.165) is 0 Å². The van der Waals surface area contributed by atoms with Crippen LogP contribution in [-0.4, -0.2) is 24.8 Å². The summed E-state index contributed by atoms with van der Waals surface area (Å²) < 4.78 is 15.8. The second-order valence-electron chi connectivity index (χ2n) is 5.36. The van der Waals surface area contributed by atoms with Crippen LogP contribution in [0, 0.1) is 6.92 Å². The fourth-order valence-corrected chi connectivity index (χ4v) is 2.61. The zero-order chi connectivity index (χ0) is 18.0. The minimum Gasteiger partial charge on any atom is -0.497 e. The Kier molecular flexibility index (Phi) is 4.87. The first-order valence-corrected chi connectivity index (χ1v) is 7.27. The summed E-state index contributed by atoms with van der Waals surface area (Å²) in [5, 5.41) is 1.00. The van der Waals surface area contributed by atoms with Crippen molar-refractivity contribution in [3.63, 3.8) is 0 Å². The van der Waals surface area contributed by atoms with Crippen LogP contribution in [0.3, 0.4) is 0 Å². The van der Waals surface area contributed by atoms with Crippen LogP contribution in [0.4, 0.5) is 0 Å². The summed E-state index contributed by atoms with van der Waals surface area (Å²) >= 11 is 0. The molecule has 0 aliphatic carbocycles. The van der Waals surface area contributed by atoms with E-state index in [1.807, 2.05) is 0 Å². The Morgan fingerprint density at radius 2 is 1.54 bits per heavy atom. The number of fused-ring (bicyclic) bond motifs is 1. The van der Waals surface area contributed by atoms with Crippen LogP contribution in [-0.2, 0) is 9.59 Å². The predicted molar refractivity (Wildman–Crippen MR) is 87.9 cm³/mol. The first-order valence-electron chi connectivity index (χ1n) is 7.27. The molecular weight excluding hydrogens is 312 g/mol. The lowest BCUT2D eigenvalue weighted by atomic mass is 9.97. The van der Waals surface area contributed by atoms with Crippen molar-refractivity contribution in [3.8, 4) is 17.2 Å². The average Bonchev–Trinajstić information content (AvgIpc) is 2.44. The molecule has 0 atom stereocenters. The van der Waals surface area contributed by atoms with E-state index in [-0.39, 0.29) is 22.8 Å². The van der Waals surface area contributed by atoms with Crippen LogP contribution in [0.15, 0.2) is 18.2 Å². The van der Waals surface area contributed by atoms with E-state index in [0.29, 0.717) is 22.1 Å². The highest BCUT2D eigenvalue weighted by molar-refractivity contribution is 6.08. The van der Waals surface area contributed by atoms with Gasteiger partial charge in [-0.2, -0.15) is 0 Å². The molecule has 0 radical (unpaired) electrons. The van der Waals surface area contributed by atoms with E-state index in [1.165, 1.54) is 33.9 Å². The van der Waals surface area contributed by atoms with Crippen LogP contribution in [0.25, 0.3) is 10.8 Å². The number of hydrogen-bond donors (Lipinski definition) is 0.